The quantitative estimate of drug-likeness (QED) is 0.695. The van der Waals surface area contributed by atoms with Crippen LogP contribution in [0.1, 0.15) is 12.5 Å². The molecule has 0 aliphatic carbocycles. The van der Waals surface area contributed by atoms with Crippen molar-refractivity contribution in [3.63, 3.8) is 0 Å². The number of hydrogen-bond donors (Lipinski definition) is 0. The van der Waals surface area contributed by atoms with Crippen LogP contribution in [-0.4, -0.2) is 4.98 Å². The van der Waals surface area contributed by atoms with Gasteiger partial charge in [-0.05, 0) is 30.2 Å². The van der Waals surface area contributed by atoms with Gasteiger partial charge in [0.1, 0.15) is 0 Å². The van der Waals surface area contributed by atoms with E-state index in [4.69, 9.17) is 0 Å². The van der Waals surface area contributed by atoms with Crippen molar-refractivity contribution in [2.75, 3.05) is 0 Å². The fourth-order valence-corrected chi connectivity index (χ4v) is 1.36. The van der Waals surface area contributed by atoms with E-state index >= 15 is 0 Å². The lowest BCUT2D eigenvalue weighted by Gasteiger charge is -2.00. The molecule has 0 unspecified atom stereocenters. The number of benzene rings is 1. The minimum absolute atomic E-state index is 0.982. The number of nitrogens with zero attached hydrogens (tertiary/aromatic N) is 1. The largest absolute Gasteiger partial charge is 0.256 e. The molecule has 0 aliphatic rings. The molecule has 69 valence electrons. The van der Waals surface area contributed by atoms with Gasteiger partial charge < -0.3 is 0 Å². The topological polar surface area (TPSA) is 12.9 Å². The molecule has 0 amide bonds. The van der Waals surface area contributed by atoms with Crippen LogP contribution in [0.5, 0.6) is 0 Å². The predicted octanol–water partition coefficient (Wildman–Crippen LogP) is 3.11. The van der Waals surface area contributed by atoms with Gasteiger partial charge in [-0.2, -0.15) is 0 Å². The second-order valence-corrected chi connectivity index (χ2v) is 3.18. The zero-order chi connectivity index (χ0) is 9.80. The van der Waals surface area contributed by atoms with Crippen molar-refractivity contribution in [1.29, 1.82) is 0 Å². The molecule has 0 atom stereocenters. The molecule has 1 heterocycles. The molecular weight excluding hydrogens is 170 g/mol. The number of aryl methyl sites for hydroxylation is 1. The summed E-state index contributed by atoms with van der Waals surface area (Å²) >= 11 is 0. The summed E-state index contributed by atoms with van der Waals surface area (Å²) in [7, 11) is 0. The molecule has 0 saturated carbocycles. The maximum atomic E-state index is 4.27. The Balaban J connectivity index is 2.34. The standard InChI is InChI=1S/C13H12N/c1-2-11-6-8-12(9-7-11)13-5-3-4-10-14-13/h3-8,10H,2H2,1H3. The van der Waals surface area contributed by atoms with Crippen LogP contribution in [0, 0.1) is 6.07 Å². The fourth-order valence-electron chi connectivity index (χ4n) is 1.36. The lowest BCUT2D eigenvalue weighted by Crippen LogP contribution is -1.84. The van der Waals surface area contributed by atoms with Crippen LogP contribution in [0.15, 0.2) is 42.6 Å². The first kappa shape index (κ1) is 8.95. The normalized spacial score (nSPS) is 10.1. The SMILES string of the molecule is CCc1c[c]c(-c2ccccn2)cc1. The summed E-state index contributed by atoms with van der Waals surface area (Å²) in [5.41, 5.74) is 3.35. The molecule has 2 rings (SSSR count). The number of pyridine rings is 1. The molecule has 0 fully saturated rings. The van der Waals surface area contributed by atoms with E-state index in [0.29, 0.717) is 0 Å². The molecule has 1 aromatic carbocycles. The Labute approximate surface area is 84.4 Å². The molecule has 1 heteroatoms. The third-order valence-electron chi connectivity index (χ3n) is 2.23. The first-order valence-electron chi connectivity index (χ1n) is 4.82. The van der Waals surface area contributed by atoms with Gasteiger partial charge in [0, 0.05) is 11.8 Å². The van der Waals surface area contributed by atoms with Crippen LogP contribution in [-0.2, 0) is 6.42 Å². The molecule has 0 N–H and O–H groups in total. The number of aromatic nitrogens is 1. The van der Waals surface area contributed by atoms with Crippen molar-refractivity contribution >= 4 is 0 Å². The molecule has 0 bridgehead atoms. The van der Waals surface area contributed by atoms with Gasteiger partial charge in [0.05, 0.1) is 5.69 Å². The first-order valence-corrected chi connectivity index (χ1v) is 4.82. The van der Waals surface area contributed by atoms with E-state index in [1.54, 1.807) is 6.20 Å². The van der Waals surface area contributed by atoms with Gasteiger partial charge >= 0.3 is 0 Å². The first-order chi connectivity index (χ1) is 6.90. The van der Waals surface area contributed by atoms with Crippen molar-refractivity contribution < 1.29 is 0 Å². The predicted molar refractivity (Wildman–Crippen MR) is 57.9 cm³/mol. The van der Waals surface area contributed by atoms with Gasteiger partial charge in [0.15, 0.2) is 0 Å². The zero-order valence-electron chi connectivity index (χ0n) is 8.20. The van der Waals surface area contributed by atoms with E-state index in [1.807, 2.05) is 24.3 Å². The lowest BCUT2D eigenvalue weighted by atomic mass is 10.1. The summed E-state index contributed by atoms with van der Waals surface area (Å²) in [5.74, 6) is 0. The average molecular weight is 182 g/mol. The molecule has 1 nitrogen and oxygen atoms in total. The van der Waals surface area contributed by atoms with Crippen molar-refractivity contribution in [2.24, 2.45) is 0 Å². The van der Waals surface area contributed by atoms with Gasteiger partial charge in [-0.1, -0.05) is 31.2 Å². The number of rotatable bonds is 2. The highest BCUT2D eigenvalue weighted by molar-refractivity contribution is 5.58. The molecule has 0 aliphatic heterocycles. The van der Waals surface area contributed by atoms with E-state index in [0.717, 1.165) is 17.7 Å². The van der Waals surface area contributed by atoms with Gasteiger partial charge in [-0.3, -0.25) is 4.98 Å². The van der Waals surface area contributed by atoms with Gasteiger partial charge in [-0.15, -0.1) is 0 Å². The highest BCUT2D eigenvalue weighted by Crippen LogP contribution is 2.16. The Morgan fingerprint density at radius 2 is 2.14 bits per heavy atom. The van der Waals surface area contributed by atoms with Crippen molar-refractivity contribution in [3.05, 3.63) is 54.2 Å². The van der Waals surface area contributed by atoms with Crippen molar-refractivity contribution in [2.45, 2.75) is 13.3 Å². The number of hydrogen-bond acceptors (Lipinski definition) is 1. The smallest absolute Gasteiger partial charge is 0.0708 e. The van der Waals surface area contributed by atoms with Crippen molar-refractivity contribution in [1.82, 2.24) is 4.98 Å². The Hall–Kier alpha value is -1.63. The van der Waals surface area contributed by atoms with Crippen LogP contribution in [0.25, 0.3) is 11.3 Å². The lowest BCUT2D eigenvalue weighted by molar-refractivity contribution is 1.14. The summed E-state index contributed by atoms with van der Waals surface area (Å²) in [6, 6.07) is 15.4. The molecule has 14 heavy (non-hydrogen) atoms. The summed E-state index contributed by atoms with van der Waals surface area (Å²) in [5, 5.41) is 0. The van der Waals surface area contributed by atoms with Crippen LogP contribution in [0.4, 0.5) is 0 Å². The molecular formula is C13H12N. The Bertz CT molecular complexity index is 389. The highest BCUT2D eigenvalue weighted by Gasteiger charge is 1.97. The molecule has 1 aromatic heterocycles. The van der Waals surface area contributed by atoms with Gasteiger partial charge in [0.2, 0.25) is 0 Å². The van der Waals surface area contributed by atoms with Gasteiger partial charge in [0.25, 0.3) is 0 Å². The van der Waals surface area contributed by atoms with Crippen LogP contribution in [0.3, 0.4) is 0 Å². The summed E-state index contributed by atoms with van der Waals surface area (Å²) in [6.45, 7) is 2.14. The average Bonchev–Trinajstić information content (AvgIpc) is 2.30. The summed E-state index contributed by atoms with van der Waals surface area (Å²) < 4.78 is 0. The third-order valence-corrected chi connectivity index (χ3v) is 2.23. The van der Waals surface area contributed by atoms with Crippen LogP contribution < -0.4 is 0 Å². The maximum absolute atomic E-state index is 4.27. The Kier molecular flexibility index (Phi) is 2.59. The van der Waals surface area contributed by atoms with Gasteiger partial charge in [-0.25, -0.2) is 0 Å². The molecule has 1 radical (unpaired) electrons. The molecule has 2 aromatic rings. The second kappa shape index (κ2) is 4.05. The van der Waals surface area contributed by atoms with E-state index in [2.05, 4.69) is 30.1 Å². The molecule has 0 spiro atoms. The second-order valence-electron chi connectivity index (χ2n) is 3.18. The summed E-state index contributed by atoms with van der Waals surface area (Å²) in [4.78, 5) is 4.27. The molecule has 0 saturated heterocycles. The minimum Gasteiger partial charge on any atom is -0.256 e. The third kappa shape index (κ3) is 1.82. The van der Waals surface area contributed by atoms with E-state index in [1.165, 1.54) is 5.56 Å². The minimum atomic E-state index is 0.982. The maximum Gasteiger partial charge on any atom is 0.0708 e. The fraction of sp³-hybridized carbons (Fsp3) is 0.154. The van der Waals surface area contributed by atoms with E-state index in [-0.39, 0.29) is 0 Å². The Morgan fingerprint density at radius 1 is 1.21 bits per heavy atom. The summed E-state index contributed by atoms with van der Waals surface area (Å²) in [6.07, 6.45) is 2.86. The zero-order valence-corrected chi connectivity index (χ0v) is 8.20. The van der Waals surface area contributed by atoms with E-state index in [9.17, 15) is 0 Å². The van der Waals surface area contributed by atoms with Crippen molar-refractivity contribution in [3.8, 4) is 11.3 Å². The van der Waals surface area contributed by atoms with E-state index < -0.39 is 0 Å². The Morgan fingerprint density at radius 3 is 2.71 bits per heavy atom. The van der Waals surface area contributed by atoms with Crippen LogP contribution >= 0.6 is 0 Å². The monoisotopic (exact) mass is 182 g/mol. The van der Waals surface area contributed by atoms with Crippen LogP contribution in [0.2, 0.25) is 0 Å². The highest BCUT2D eigenvalue weighted by atomic mass is 14.7.